The Morgan fingerprint density at radius 2 is 2.07 bits per heavy atom. The summed E-state index contributed by atoms with van der Waals surface area (Å²) < 4.78 is 6.60. The van der Waals surface area contributed by atoms with E-state index in [0.717, 1.165) is 15.8 Å². The summed E-state index contributed by atoms with van der Waals surface area (Å²) in [5, 5.41) is 14.4. The summed E-state index contributed by atoms with van der Waals surface area (Å²) >= 11 is 1.28. The number of pyridine rings is 1. The first-order valence-corrected chi connectivity index (χ1v) is 9.38. The molecule has 1 amide bonds. The number of hydrazone groups is 1. The molecule has 2 N–H and O–H groups in total. The lowest BCUT2D eigenvalue weighted by molar-refractivity contribution is -0.118. The molecule has 28 heavy (non-hydrogen) atoms. The smallest absolute Gasteiger partial charge is 0.251 e. The van der Waals surface area contributed by atoms with Crippen LogP contribution < -0.4 is 15.7 Å². The minimum absolute atomic E-state index is 0.0290. The zero-order chi connectivity index (χ0) is 20.1. The fourth-order valence-electron chi connectivity index (χ4n) is 2.63. The second kappa shape index (κ2) is 8.62. The molecule has 7 nitrogen and oxygen atoms in total. The molecule has 0 saturated carbocycles. The molecule has 0 spiro atoms. The van der Waals surface area contributed by atoms with E-state index in [1.54, 1.807) is 23.7 Å². The minimum Gasteiger partial charge on any atom is -0.504 e. The number of aryl methyl sites for hydroxylation is 1. The van der Waals surface area contributed by atoms with Gasteiger partial charge in [-0.1, -0.05) is 18.2 Å². The van der Waals surface area contributed by atoms with Gasteiger partial charge in [-0.25, -0.2) is 5.43 Å². The lowest BCUT2D eigenvalue weighted by Crippen LogP contribution is -2.20. The van der Waals surface area contributed by atoms with Crippen LogP contribution in [0.2, 0.25) is 0 Å². The summed E-state index contributed by atoms with van der Waals surface area (Å²) in [6.07, 6.45) is 1.46. The molecule has 144 valence electrons. The van der Waals surface area contributed by atoms with Crippen LogP contribution in [0.1, 0.15) is 5.56 Å². The summed E-state index contributed by atoms with van der Waals surface area (Å²) in [4.78, 5) is 24.9. The number of benzene rings is 2. The van der Waals surface area contributed by atoms with Gasteiger partial charge >= 0.3 is 0 Å². The van der Waals surface area contributed by atoms with Crippen LogP contribution in [0.25, 0.3) is 10.9 Å². The van der Waals surface area contributed by atoms with Crippen molar-refractivity contribution in [2.75, 3.05) is 12.9 Å². The van der Waals surface area contributed by atoms with E-state index in [9.17, 15) is 14.7 Å². The Hall–Kier alpha value is -3.26. The standard InChI is InChI=1S/C20H19N3O4S/c1-23-15-6-4-3-5-14(15)18(10-20(23)26)28-12-19(25)22-21-11-13-7-8-16(24)17(9-13)27-2/h3-11,24H,12H2,1-2H3,(H,22,25)/b21-11+. The third kappa shape index (κ3) is 4.34. The maximum absolute atomic E-state index is 12.1. The average Bonchev–Trinajstić information content (AvgIpc) is 2.71. The number of carbonyl (C=O) groups excluding carboxylic acids is 1. The third-order valence-electron chi connectivity index (χ3n) is 4.08. The molecule has 0 radical (unpaired) electrons. The van der Waals surface area contributed by atoms with Crippen molar-refractivity contribution in [2.24, 2.45) is 12.1 Å². The summed E-state index contributed by atoms with van der Waals surface area (Å²) in [7, 11) is 3.18. The molecule has 2 aromatic carbocycles. The van der Waals surface area contributed by atoms with Gasteiger partial charge < -0.3 is 14.4 Å². The second-order valence-corrected chi connectivity index (χ2v) is 6.95. The number of carbonyl (C=O) groups is 1. The summed E-state index contributed by atoms with van der Waals surface area (Å²) in [5.41, 5.74) is 3.81. The maximum Gasteiger partial charge on any atom is 0.251 e. The van der Waals surface area contributed by atoms with Crippen LogP contribution in [0.3, 0.4) is 0 Å². The Labute approximate surface area is 165 Å². The largest absolute Gasteiger partial charge is 0.504 e. The molecule has 0 bridgehead atoms. The van der Waals surface area contributed by atoms with E-state index in [1.165, 1.54) is 37.2 Å². The second-order valence-electron chi connectivity index (χ2n) is 5.94. The molecule has 0 unspecified atom stereocenters. The number of hydrogen-bond acceptors (Lipinski definition) is 6. The predicted octanol–water partition coefficient (Wildman–Crippen LogP) is 2.50. The number of para-hydroxylation sites is 1. The number of thioether (sulfide) groups is 1. The lowest BCUT2D eigenvalue weighted by atomic mass is 10.2. The molecular formula is C20H19N3O4S. The Bertz CT molecular complexity index is 1110. The molecule has 8 heteroatoms. The van der Waals surface area contributed by atoms with E-state index < -0.39 is 0 Å². The zero-order valence-corrected chi connectivity index (χ0v) is 16.2. The summed E-state index contributed by atoms with van der Waals surface area (Å²) in [6, 6.07) is 13.8. The molecule has 0 fully saturated rings. The monoisotopic (exact) mass is 397 g/mol. The maximum atomic E-state index is 12.1. The highest BCUT2D eigenvalue weighted by atomic mass is 32.2. The van der Waals surface area contributed by atoms with Gasteiger partial charge in [-0.3, -0.25) is 9.59 Å². The molecule has 1 heterocycles. The number of aromatic hydroxyl groups is 1. The van der Waals surface area contributed by atoms with E-state index >= 15 is 0 Å². The minimum atomic E-state index is -0.295. The Morgan fingerprint density at radius 1 is 1.29 bits per heavy atom. The number of amides is 1. The van der Waals surface area contributed by atoms with Gasteiger partial charge in [0.25, 0.3) is 5.56 Å². The van der Waals surface area contributed by atoms with Crippen LogP contribution >= 0.6 is 11.8 Å². The number of rotatable bonds is 6. The number of phenols is 1. The number of ether oxygens (including phenoxy) is 1. The van der Waals surface area contributed by atoms with Crippen LogP contribution in [0.15, 0.2) is 63.3 Å². The van der Waals surface area contributed by atoms with Crippen molar-refractivity contribution in [2.45, 2.75) is 4.90 Å². The zero-order valence-electron chi connectivity index (χ0n) is 15.4. The normalized spacial score (nSPS) is 11.1. The summed E-state index contributed by atoms with van der Waals surface area (Å²) in [5.74, 6) is 0.175. The van der Waals surface area contributed by atoms with E-state index in [2.05, 4.69) is 10.5 Å². The Balaban J connectivity index is 1.64. The van der Waals surface area contributed by atoms with E-state index in [1.807, 2.05) is 24.3 Å². The SMILES string of the molecule is COc1cc(/C=N/NC(=O)CSc2cc(=O)n(C)c3ccccc23)ccc1O. The molecule has 0 aliphatic carbocycles. The number of fused-ring (bicyclic) bond motifs is 1. The van der Waals surface area contributed by atoms with Crippen LogP contribution in [-0.4, -0.2) is 34.7 Å². The van der Waals surface area contributed by atoms with Crippen molar-refractivity contribution in [3.63, 3.8) is 0 Å². The van der Waals surface area contributed by atoms with Crippen molar-refractivity contribution in [1.29, 1.82) is 0 Å². The van der Waals surface area contributed by atoms with E-state index in [0.29, 0.717) is 11.3 Å². The van der Waals surface area contributed by atoms with Gasteiger partial charge in [-0.15, -0.1) is 11.8 Å². The number of hydrogen-bond donors (Lipinski definition) is 2. The number of nitrogens with one attached hydrogen (secondary N) is 1. The number of nitrogens with zero attached hydrogens (tertiary/aromatic N) is 2. The van der Waals surface area contributed by atoms with Gasteiger partial charge in [0.2, 0.25) is 5.91 Å². The van der Waals surface area contributed by atoms with Crippen LogP contribution in [0.4, 0.5) is 0 Å². The van der Waals surface area contributed by atoms with Crippen molar-refractivity contribution in [3.8, 4) is 11.5 Å². The van der Waals surface area contributed by atoms with Crippen molar-refractivity contribution < 1.29 is 14.6 Å². The first kappa shape index (κ1) is 19.5. The highest BCUT2D eigenvalue weighted by Crippen LogP contribution is 2.26. The fraction of sp³-hybridized carbons (Fsp3) is 0.150. The van der Waals surface area contributed by atoms with Crippen molar-refractivity contribution in [1.82, 2.24) is 9.99 Å². The predicted molar refractivity (Wildman–Crippen MR) is 110 cm³/mol. The Kier molecular flexibility index (Phi) is 6.00. The highest BCUT2D eigenvalue weighted by Gasteiger charge is 2.09. The van der Waals surface area contributed by atoms with E-state index in [4.69, 9.17) is 4.74 Å². The molecule has 0 aliphatic heterocycles. The lowest BCUT2D eigenvalue weighted by Gasteiger charge is -2.09. The van der Waals surface area contributed by atoms with Crippen LogP contribution in [0.5, 0.6) is 11.5 Å². The third-order valence-corrected chi connectivity index (χ3v) is 5.14. The number of methoxy groups -OCH3 is 1. The van der Waals surface area contributed by atoms with Crippen molar-refractivity contribution >= 4 is 34.8 Å². The van der Waals surface area contributed by atoms with Gasteiger partial charge in [0.05, 0.1) is 24.6 Å². The molecular weight excluding hydrogens is 378 g/mol. The molecule has 3 aromatic rings. The molecule has 0 saturated heterocycles. The first-order valence-electron chi connectivity index (χ1n) is 8.40. The van der Waals surface area contributed by atoms with Gasteiger partial charge in [0.15, 0.2) is 11.5 Å². The van der Waals surface area contributed by atoms with Crippen LogP contribution in [0, 0.1) is 0 Å². The van der Waals surface area contributed by atoms with Crippen LogP contribution in [-0.2, 0) is 11.8 Å². The highest BCUT2D eigenvalue weighted by molar-refractivity contribution is 8.00. The molecule has 1 aromatic heterocycles. The van der Waals surface area contributed by atoms with Crippen molar-refractivity contribution in [3.05, 3.63) is 64.4 Å². The topological polar surface area (TPSA) is 92.9 Å². The quantitative estimate of drug-likeness (QED) is 0.379. The molecule has 3 rings (SSSR count). The fourth-order valence-corrected chi connectivity index (χ4v) is 3.49. The van der Waals surface area contributed by atoms with Gasteiger partial charge in [0, 0.05) is 23.4 Å². The molecule has 0 atom stereocenters. The van der Waals surface area contributed by atoms with Gasteiger partial charge in [-0.05, 0) is 29.8 Å². The molecule has 0 aliphatic rings. The Morgan fingerprint density at radius 3 is 2.86 bits per heavy atom. The van der Waals surface area contributed by atoms with Gasteiger partial charge in [0.1, 0.15) is 0 Å². The first-order chi connectivity index (χ1) is 13.5. The number of aromatic nitrogens is 1. The summed E-state index contributed by atoms with van der Waals surface area (Å²) in [6.45, 7) is 0. The average molecular weight is 397 g/mol. The number of phenolic OH excluding ortho intramolecular Hbond substituents is 1. The van der Waals surface area contributed by atoms with Gasteiger partial charge in [-0.2, -0.15) is 5.10 Å². The van der Waals surface area contributed by atoms with E-state index in [-0.39, 0.29) is 23.0 Å².